The minimum atomic E-state index is -4.35. The van der Waals surface area contributed by atoms with E-state index in [0.717, 1.165) is 24.4 Å². The Bertz CT molecular complexity index is 834. The SMILES string of the molecule is O=C(O)c1ccc(COc2cnc(OCC(F)(F)C(F)F)c(Cl)c2)cc1F. The van der Waals surface area contributed by atoms with Crippen molar-refractivity contribution in [3.63, 3.8) is 0 Å². The molecular formula is C16H11ClF5NO4. The number of ether oxygens (including phenoxy) is 2. The van der Waals surface area contributed by atoms with Crippen LogP contribution in [0.2, 0.25) is 5.02 Å². The average molecular weight is 412 g/mol. The normalized spacial score (nSPS) is 11.5. The van der Waals surface area contributed by atoms with Crippen molar-refractivity contribution in [2.75, 3.05) is 6.61 Å². The first-order valence-corrected chi connectivity index (χ1v) is 7.57. The summed E-state index contributed by atoms with van der Waals surface area (Å²) in [6.07, 6.45) is -2.85. The molecule has 0 radical (unpaired) electrons. The zero-order valence-electron chi connectivity index (χ0n) is 13.3. The van der Waals surface area contributed by atoms with E-state index in [1.165, 1.54) is 6.07 Å². The van der Waals surface area contributed by atoms with Crippen molar-refractivity contribution in [2.45, 2.75) is 19.0 Å². The van der Waals surface area contributed by atoms with Gasteiger partial charge in [0.05, 0.1) is 11.8 Å². The van der Waals surface area contributed by atoms with E-state index in [4.69, 9.17) is 21.4 Å². The monoisotopic (exact) mass is 411 g/mol. The molecule has 0 fully saturated rings. The van der Waals surface area contributed by atoms with E-state index >= 15 is 0 Å². The molecule has 0 spiro atoms. The maximum absolute atomic E-state index is 13.6. The number of halogens is 6. The van der Waals surface area contributed by atoms with E-state index in [2.05, 4.69) is 9.72 Å². The lowest BCUT2D eigenvalue weighted by atomic mass is 10.1. The number of carboxylic acid groups (broad SMARTS) is 1. The molecule has 0 saturated carbocycles. The number of benzene rings is 1. The number of aromatic nitrogens is 1. The molecule has 0 saturated heterocycles. The maximum Gasteiger partial charge on any atom is 0.340 e. The minimum absolute atomic E-state index is 0.0655. The molecule has 0 atom stereocenters. The summed E-state index contributed by atoms with van der Waals surface area (Å²) in [6.45, 7) is -1.77. The van der Waals surface area contributed by atoms with Crippen LogP contribution < -0.4 is 9.47 Å². The van der Waals surface area contributed by atoms with E-state index in [9.17, 15) is 26.7 Å². The third kappa shape index (κ3) is 5.43. The highest BCUT2D eigenvalue weighted by atomic mass is 35.5. The largest absolute Gasteiger partial charge is 0.487 e. The van der Waals surface area contributed by atoms with Gasteiger partial charge in [-0.3, -0.25) is 0 Å². The summed E-state index contributed by atoms with van der Waals surface area (Å²) < 4.78 is 73.2. The van der Waals surface area contributed by atoms with Crippen molar-refractivity contribution in [1.82, 2.24) is 4.98 Å². The molecule has 2 rings (SSSR count). The predicted molar refractivity (Wildman–Crippen MR) is 83.4 cm³/mol. The minimum Gasteiger partial charge on any atom is -0.487 e. The first kappa shape index (κ1) is 20.7. The number of rotatable bonds is 8. The molecule has 27 heavy (non-hydrogen) atoms. The third-order valence-corrected chi connectivity index (χ3v) is 3.44. The highest BCUT2D eigenvalue weighted by Crippen LogP contribution is 2.29. The highest BCUT2D eigenvalue weighted by molar-refractivity contribution is 6.31. The molecule has 146 valence electrons. The van der Waals surface area contributed by atoms with Gasteiger partial charge in [-0.25, -0.2) is 22.9 Å². The number of nitrogens with zero attached hydrogens (tertiary/aromatic N) is 1. The molecule has 1 heterocycles. The Labute approximate surface area is 154 Å². The number of carboxylic acids is 1. The lowest BCUT2D eigenvalue weighted by Gasteiger charge is -2.16. The molecule has 0 amide bonds. The summed E-state index contributed by atoms with van der Waals surface area (Å²) in [5, 5.41) is 8.49. The summed E-state index contributed by atoms with van der Waals surface area (Å²) >= 11 is 5.78. The number of hydrogen-bond acceptors (Lipinski definition) is 4. The van der Waals surface area contributed by atoms with Crippen molar-refractivity contribution in [2.24, 2.45) is 0 Å². The Morgan fingerprint density at radius 2 is 1.96 bits per heavy atom. The summed E-state index contributed by atoms with van der Waals surface area (Å²) in [5.74, 6) is -7.13. The fourth-order valence-corrected chi connectivity index (χ4v) is 2.02. The van der Waals surface area contributed by atoms with Crippen LogP contribution in [0.5, 0.6) is 11.6 Å². The van der Waals surface area contributed by atoms with Crippen LogP contribution in [-0.2, 0) is 6.61 Å². The van der Waals surface area contributed by atoms with Crippen molar-refractivity contribution in [3.05, 3.63) is 52.4 Å². The predicted octanol–water partition coefficient (Wildman–Crippen LogP) is 4.43. The zero-order chi connectivity index (χ0) is 20.2. The number of hydrogen-bond donors (Lipinski definition) is 1. The smallest absolute Gasteiger partial charge is 0.340 e. The Balaban J connectivity index is 2.00. The topological polar surface area (TPSA) is 68.7 Å². The third-order valence-electron chi connectivity index (χ3n) is 3.17. The lowest BCUT2D eigenvalue weighted by molar-refractivity contribution is -0.148. The molecule has 5 nitrogen and oxygen atoms in total. The zero-order valence-corrected chi connectivity index (χ0v) is 14.0. The van der Waals surface area contributed by atoms with Gasteiger partial charge in [0.2, 0.25) is 5.88 Å². The Kier molecular flexibility index (Phi) is 6.42. The molecule has 11 heteroatoms. The Morgan fingerprint density at radius 1 is 1.26 bits per heavy atom. The van der Waals surface area contributed by atoms with Gasteiger partial charge >= 0.3 is 18.3 Å². The molecule has 1 aromatic heterocycles. The lowest BCUT2D eigenvalue weighted by Crippen LogP contribution is -2.33. The van der Waals surface area contributed by atoms with Gasteiger partial charge in [-0.05, 0) is 17.7 Å². The molecule has 2 aromatic rings. The summed E-state index contributed by atoms with van der Waals surface area (Å²) in [5.41, 5.74) is -0.184. The van der Waals surface area contributed by atoms with Crippen molar-refractivity contribution < 1.29 is 41.3 Å². The molecule has 0 aliphatic rings. The van der Waals surface area contributed by atoms with Crippen LogP contribution in [0.4, 0.5) is 22.0 Å². The Hall–Kier alpha value is -2.62. The maximum atomic E-state index is 13.6. The number of alkyl halides is 4. The van der Waals surface area contributed by atoms with Crippen LogP contribution in [0.1, 0.15) is 15.9 Å². The van der Waals surface area contributed by atoms with E-state index < -0.39 is 42.2 Å². The molecule has 0 aliphatic heterocycles. The first-order valence-electron chi connectivity index (χ1n) is 7.19. The molecule has 0 unspecified atom stereocenters. The van der Waals surface area contributed by atoms with Crippen LogP contribution in [-0.4, -0.2) is 35.0 Å². The fourth-order valence-electron chi connectivity index (χ4n) is 1.81. The molecule has 0 aliphatic carbocycles. The first-order chi connectivity index (χ1) is 12.6. The molecule has 1 N–H and O–H groups in total. The highest BCUT2D eigenvalue weighted by Gasteiger charge is 2.42. The molecular weight excluding hydrogens is 401 g/mol. The Morgan fingerprint density at radius 3 is 2.52 bits per heavy atom. The van der Waals surface area contributed by atoms with Gasteiger partial charge in [-0.15, -0.1) is 0 Å². The van der Waals surface area contributed by atoms with Gasteiger partial charge in [-0.1, -0.05) is 17.7 Å². The quantitative estimate of drug-likeness (QED) is 0.651. The standard InChI is InChI=1S/C16H11ClF5NO4/c17-11-4-9(5-23-13(11)27-7-16(21,22)15(19)20)26-6-8-1-2-10(14(24)25)12(18)3-8/h1-5,15H,6-7H2,(H,24,25). The van der Waals surface area contributed by atoms with Crippen LogP contribution in [0, 0.1) is 5.82 Å². The second-order valence-corrected chi connectivity index (χ2v) is 5.62. The second-order valence-electron chi connectivity index (χ2n) is 5.22. The number of aromatic carboxylic acids is 1. The number of carbonyl (C=O) groups is 1. The van der Waals surface area contributed by atoms with Crippen molar-refractivity contribution in [3.8, 4) is 11.6 Å². The van der Waals surface area contributed by atoms with Gasteiger partial charge in [-0.2, -0.15) is 8.78 Å². The summed E-state index contributed by atoms with van der Waals surface area (Å²) in [6, 6.07) is 4.53. The number of pyridine rings is 1. The van der Waals surface area contributed by atoms with Gasteiger partial charge in [0.15, 0.2) is 6.61 Å². The average Bonchev–Trinajstić information content (AvgIpc) is 2.58. The van der Waals surface area contributed by atoms with Crippen LogP contribution in [0.3, 0.4) is 0 Å². The van der Waals surface area contributed by atoms with Gasteiger partial charge in [0.1, 0.15) is 23.2 Å². The van der Waals surface area contributed by atoms with Gasteiger partial charge in [0, 0.05) is 6.07 Å². The van der Waals surface area contributed by atoms with E-state index in [-0.39, 0.29) is 17.4 Å². The van der Waals surface area contributed by atoms with E-state index in [1.54, 1.807) is 0 Å². The van der Waals surface area contributed by atoms with Gasteiger partial charge < -0.3 is 14.6 Å². The summed E-state index contributed by atoms with van der Waals surface area (Å²) in [7, 11) is 0. The van der Waals surface area contributed by atoms with Crippen LogP contribution >= 0.6 is 11.6 Å². The van der Waals surface area contributed by atoms with Crippen molar-refractivity contribution in [1.29, 1.82) is 0 Å². The molecule has 0 bridgehead atoms. The van der Waals surface area contributed by atoms with E-state index in [1.807, 2.05) is 0 Å². The van der Waals surface area contributed by atoms with E-state index in [0.29, 0.717) is 5.56 Å². The van der Waals surface area contributed by atoms with Gasteiger partial charge in [0.25, 0.3) is 0 Å². The van der Waals surface area contributed by atoms with Crippen LogP contribution in [0.25, 0.3) is 0 Å². The second kappa shape index (κ2) is 8.38. The van der Waals surface area contributed by atoms with Crippen LogP contribution in [0.15, 0.2) is 30.5 Å². The molecule has 1 aromatic carbocycles. The van der Waals surface area contributed by atoms with Crippen molar-refractivity contribution >= 4 is 17.6 Å². The fraction of sp³-hybridized carbons (Fsp3) is 0.250. The summed E-state index contributed by atoms with van der Waals surface area (Å²) in [4.78, 5) is 14.3.